The summed E-state index contributed by atoms with van der Waals surface area (Å²) >= 11 is 0. The Morgan fingerprint density at radius 3 is 2.71 bits per heavy atom. The van der Waals surface area contributed by atoms with Crippen molar-refractivity contribution in [2.45, 2.75) is 19.3 Å². The molecule has 0 amide bonds. The van der Waals surface area contributed by atoms with Crippen LogP contribution in [0, 0.1) is 5.82 Å². The summed E-state index contributed by atoms with van der Waals surface area (Å²) in [6.07, 6.45) is 1.93. The number of nitrogens with one attached hydrogen (secondary N) is 1. The minimum atomic E-state index is -0.789. The number of rotatable bonds is 3. The molecular formula is C13H13FN2O. The number of hydrogen-bond donors (Lipinski definition) is 1. The average Bonchev–Trinajstić information content (AvgIpc) is 2.37. The van der Waals surface area contributed by atoms with E-state index in [9.17, 15) is 9.18 Å². The molecule has 0 radical (unpaired) electrons. The van der Waals surface area contributed by atoms with E-state index in [1.807, 2.05) is 37.3 Å². The summed E-state index contributed by atoms with van der Waals surface area (Å²) in [5.74, 6) is -0.971. The van der Waals surface area contributed by atoms with Gasteiger partial charge in [-0.2, -0.15) is 4.39 Å². The number of benzene rings is 1. The van der Waals surface area contributed by atoms with E-state index in [-0.39, 0.29) is 11.6 Å². The van der Waals surface area contributed by atoms with Gasteiger partial charge in [-0.1, -0.05) is 37.3 Å². The zero-order valence-electron chi connectivity index (χ0n) is 9.48. The lowest BCUT2D eigenvalue weighted by Crippen LogP contribution is -2.17. The minimum Gasteiger partial charge on any atom is -0.311 e. The van der Waals surface area contributed by atoms with Gasteiger partial charge in [-0.3, -0.25) is 4.79 Å². The lowest BCUT2D eigenvalue weighted by molar-refractivity contribution is 0.558. The first-order valence-electron chi connectivity index (χ1n) is 5.52. The molecule has 0 aliphatic carbocycles. The molecule has 0 aliphatic rings. The molecule has 3 nitrogen and oxygen atoms in total. The highest BCUT2D eigenvalue weighted by Crippen LogP contribution is 2.26. The fourth-order valence-corrected chi connectivity index (χ4v) is 1.91. The Kier molecular flexibility index (Phi) is 3.32. The Labute approximate surface area is 98.3 Å². The summed E-state index contributed by atoms with van der Waals surface area (Å²) in [4.78, 5) is 17.4. The second-order valence-corrected chi connectivity index (χ2v) is 3.80. The topological polar surface area (TPSA) is 45.8 Å². The predicted octanol–water partition coefficient (Wildman–Crippen LogP) is 2.45. The summed E-state index contributed by atoms with van der Waals surface area (Å²) in [5, 5.41) is 0. The molecule has 0 saturated carbocycles. The van der Waals surface area contributed by atoms with Crippen LogP contribution in [0.25, 0.3) is 0 Å². The summed E-state index contributed by atoms with van der Waals surface area (Å²) in [6.45, 7) is 1.94. The molecule has 0 spiro atoms. The second kappa shape index (κ2) is 4.91. The van der Waals surface area contributed by atoms with Gasteiger partial charge >= 0.3 is 0 Å². The fraction of sp³-hybridized carbons (Fsp3) is 0.231. The lowest BCUT2D eigenvalue weighted by Gasteiger charge is -2.14. The van der Waals surface area contributed by atoms with Crippen LogP contribution in [0.3, 0.4) is 0 Å². The van der Waals surface area contributed by atoms with Crippen LogP contribution in [0.1, 0.15) is 30.5 Å². The summed E-state index contributed by atoms with van der Waals surface area (Å²) in [6, 6.07) is 9.51. The van der Waals surface area contributed by atoms with Crippen LogP contribution in [0.2, 0.25) is 0 Å². The van der Waals surface area contributed by atoms with E-state index < -0.39 is 11.4 Å². The van der Waals surface area contributed by atoms with E-state index in [4.69, 9.17) is 0 Å². The molecular weight excluding hydrogens is 219 g/mol. The third-order valence-corrected chi connectivity index (χ3v) is 2.76. The van der Waals surface area contributed by atoms with Gasteiger partial charge in [0, 0.05) is 5.92 Å². The van der Waals surface area contributed by atoms with E-state index in [0.717, 1.165) is 5.56 Å². The van der Waals surface area contributed by atoms with Crippen LogP contribution in [-0.2, 0) is 0 Å². The minimum absolute atomic E-state index is 0.182. The fourth-order valence-electron chi connectivity index (χ4n) is 1.91. The van der Waals surface area contributed by atoms with E-state index in [1.165, 1.54) is 6.33 Å². The Hall–Kier alpha value is -1.97. The highest BCUT2D eigenvalue weighted by Gasteiger charge is 2.19. The summed E-state index contributed by atoms with van der Waals surface area (Å²) in [7, 11) is 0. The van der Waals surface area contributed by atoms with Crippen LogP contribution < -0.4 is 5.56 Å². The lowest BCUT2D eigenvalue weighted by atomic mass is 9.93. The zero-order chi connectivity index (χ0) is 12.3. The van der Waals surface area contributed by atoms with Gasteiger partial charge in [-0.25, -0.2) is 4.98 Å². The number of nitrogens with zero attached hydrogens (tertiary/aromatic N) is 1. The Balaban J connectivity index is 2.50. The van der Waals surface area contributed by atoms with Crippen molar-refractivity contribution in [2.75, 3.05) is 0 Å². The molecule has 2 aromatic rings. The van der Waals surface area contributed by atoms with Crippen LogP contribution >= 0.6 is 0 Å². The SMILES string of the molecule is CCC(c1ccccc1)c1nc[nH]c(=O)c1F. The maximum absolute atomic E-state index is 13.7. The molecule has 1 aromatic carbocycles. The van der Waals surface area contributed by atoms with Crippen molar-refractivity contribution in [3.63, 3.8) is 0 Å². The van der Waals surface area contributed by atoms with Gasteiger partial charge in [-0.15, -0.1) is 0 Å². The van der Waals surface area contributed by atoms with Crippen LogP contribution in [0.15, 0.2) is 41.5 Å². The van der Waals surface area contributed by atoms with Crippen LogP contribution in [0.5, 0.6) is 0 Å². The molecule has 1 atom stereocenters. The summed E-state index contributed by atoms with van der Waals surface area (Å²) < 4.78 is 13.7. The molecule has 0 saturated heterocycles. The number of hydrogen-bond acceptors (Lipinski definition) is 2. The number of H-pyrrole nitrogens is 1. The number of aromatic amines is 1. The van der Waals surface area contributed by atoms with E-state index in [0.29, 0.717) is 6.42 Å². The summed E-state index contributed by atoms with van der Waals surface area (Å²) in [5.41, 5.74) is 0.457. The predicted molar refractivity (Wildman–Crippen MR) is 63.4 cm³/mol. The Morgan fingerprint density at radius 2 is 2.06 bits per heavy atom. The van der Waals surface area contributed by atoms with Crippen molar-refractivity contribution >= 4 is 0 Å². The molecule has 1 N–H and O–H groups in total. The molecule has 1 unspecified atom stereocenters. The maximum atomic E-state index is 13.7. The monoisotopic (exact) mass is 232 g/mol. The van der Waals surface area contributed by atoms with E-state index in [2.05, 4.69) is 9.97 Å². The van der Waals surface area contributed by atoms with Gasteiger partial charge in [0.2, 0.25) is 5.82 Å². The van der Waals surface area contributed by atoms with Gasteiger partial charge in [0.25, 0.3) is 5.56 Å². The molecule has 0 fully saturated rings. The molecule has 2 rings (SSSR count). The van der Waals surface area contributed by atoms with Gasteiger partial charge in [0.05, 0.1) is 12.0 Å². The van der Waals surface area contributed by atoms with Crippen LogP contribution in [0.4, 0.5) is 4.39 Å². The van der Waals surface area contributed by atoms with E-state index >= 15 is 0 Å². The molecule has 4 heteroatoms. The van der Waals surface area contributed by atoms with Crippen molar-refractivity contribution in [3.8, 4) is 0 Å². The van der Waals surface area contributed by atoms with Crippen molar-refractivity contribution in [3.05, 3.63) is 64.1 Å². The smallest absolute Gasteiger partial charge is 0.287 e. The molecule has 0 bridgehead atoms. The second-order valence-electron chi connectivity index (χ2n) is 3.80. The molecule has 1 heterocycles. The highest BCUT2D eigenvalue weighted by atomic mass is 19.1. The first-order valence-corrected chi connectivity index (χ1v) is 5.52. The number of halogens is 1. The molecule has 88 valence electrons. The van der Waals surface area contributed by atoms with Gasteiger partial charge in [-0.05, 0) is 12.0 Å². The maximum Gasteiger partial charge on any atom is 0.287 e. The van der Waals surface area contributed by atoms with Crippen molar-refractivity contribution in [1.82, 2.24) is 9.97 Å². The highest BCUT2D eigenvalue weighted by molar-refractivity contribution is 5.28. The van der Waals surface area contributed by atoms with E-state index in [1.54, 1.807) is 0 Å². The molecule has 17 heavy (non-hydrogen) atoms. The third-order valence-electron chi connectivity index (χ3n) is 2.76. The zero-order valence-corrected chi connectivity index (χ0v) is 9.48. The van der Waals surface area contributed by atoms with Crippen LogP contribution in [-0.4, -0.2) is 9.97 Å². The molecule has 0 aliphatic heterocycles. The average molecular weight is 232 g/mol. The standard InChI is InChI=1S/C13H13FN2O/c1-2-10(9-6-4-3-5-7-9)12-11(14)13(17)16-8-15-12/h3-8,10H,2H2,1H3,(H,15,16,17). The van der Waals surface area contributed by atoms with Crippen molar-refractivity contribution in [2.24, 2.45) is 0 Å². The Morgan fingerprint density at radius 1 is 1.35 bits per heavy atom. The first kappa shape index (κ1) is 11.5. The molecule has 1 aromatic heterocycles. The van der Waals surface area contributed by atoms with Gasteiger partial charge < -0.3 is 4.98 Å². The van der Waals surface area contributed by atoms with Crippen molar-refractivity contribution in [1.29, 1.82) is 0 Å². The number of aromatic nitrogens is 2. The normalized spacial score (nSPS) is 12.4. The first-order chi connectivity index (χ1) is 8.24. The van der Waals surface area contributed by atoms with Crippen molar-refractivity contribution < 1.29 is 4.39 Å². The van der Waals surface area contributed by atoms with Gasteiger partial charge in [0.1, 0.15) is 0 Å². The van der Waals surface area contributed by atoms with Gasteiger partial charge in [0.15, 0.2) is 0 Å². The quantitative estimate of drug-likeness (QED) is 0.883. The largest absolute Gasteiger partial charge is 0.311 e. The third kappa shape index (κ3) is 2.25. The Bertz CT molecular complexity index is 551.